The van der Waals surface area contributed by atoms with Crippen LogP contribution in [-0.4, -0.2) is 28.0 Å². The third-order valence-electron chi connectivity index (χ3n) is 3.29. The predicted octanol–water partition coefficient (Wildman–Crippen LogP) is 3.15. The summed E-state index contributed by atoms with van der Waals surface area (Å²) in [4.78, 5) is 13.5. The van der Waals surface area contributed by atoms with E-state index in [9.17, 15) is 0 Å². The highest BCUT2D eigenvalue weighted by Crippen LogP contribution is 2.19. The highest BCUT2D eigenvalue weighted by Gasteiger charge is 2.10. The molecule has 20 heavy (non-hydrogen) atoms. The summed E-state index contributed by atoms with van der Waals surface area (Å²) in [7, 11) is 0. The van der Waals surface area contributed by atoms with Crippen molar-refractivity contribution in [3.05, 3.63) is 27.8 Å². The maximum absolute atomic E-state index is 4.60. The minimum absolute atomic E-state index is 0.745. The molecule has 0 saturated heterocycles. The third-order valence-corrected chi connectivity index (χ3v) is 3.88. The molecule has 4 nitrogen and oxygen atoms in total. The Morgan fingerprint density at radius 3 is 2.50 bits per heavy atom. The van der Waals surface area contributed by atoms with Gasteiger partial charge in [-0.2, -0.15) is 0 Å². The fourth-order valence-electron chi connectivity index (χ4n) is 2.23. The minimum atomic E-state index is 0.745. The van der Waals surface area contributed by atoms with Gasteiger partial charge in [-0.1, -0.05) is 6.92 Å². The van der Waals surface area contributed by atoms with E-state index in [1.165, 1.54) is 12.0 Å². The molecule has 0 aliphatic rings. The van der Waals surface area contributed by atoms with E-state index < -0.39 is 0 Å². The summed E-state index contributed by atoms with van der Waals surface area (Å²) >= 11 is 1.57. The van der Waals surface area contributed by atoms with Crippen molar-refractivity contribution in [3.8, 4) is 11.5 Å². The molecule has 5 heteroatoms. The summed E-state index contributed by atoms with van der Waals surface area (Å²) in [5.74, 6) is 0.745. The number of nitrogens with zero attached hydrogens (tertiary/aromatic N) is 3. The second-order valence-corrected chi connectivity index (χ2v) is 5.64. The van der Waals surface area contributed by atoms with Gasteiger partial charge in [0.25, 0.3) is 0 Å². The summed E-state index contributed by atoms with van der Waals surface area (Å²) in [5, 5.41) is 5.42. The van der Waals surface area contributed by atoms with Gasteiger partial charge >= 0.3 is 0 Å². The SMILES string of the molecule is CCCNCCCc1c(C)nc(-c2cscn2)nc1C. The normalized spacial score (nSPS) is 10.9. The zero-order chi connectivity index (χ0) is 14.4. The largest absolute Gasteiger partial charge is 0.317 e. The first-order chi connectivity index (χ1) is 9.72. The average Bonchev–Trinajstić information content (AvgIpc) is 2.95. The number of thiazole rings is 1. The summed E-state index contributed by atoms with van der Waals surface area (Å²) in [6.45, 7) is 8.48. The summed E-state index contributed by atoms with van der Waals surface area (Å²) in [6, 6.07) is 0. The molecule has 0 amide bonds. The van der Waals surface area contributed by atoms with Crippen LogP contribution >= 0.6 is 11.3 Å². The summed E-state index contributed by atoms with van der Waals surface area (Å²) in [5.41, 5.74) is 6.13. The van der Waals surface area contributed by atoms with E-state index >= 15 is 0 Å². The quantitative estimate of drug-likeness (QED) is 0.796. The Kier molecular flexibility index (Phi) is 5.61. The molecule has 0 atom stereocenters. The van der Waals surface area contributed by atoms with Crippen molar-refractivity contribution in [1.29, 1.82) is 0 Å². The molecule has 2 aromatic rings. The van der Waals surface area contributed by atoms with Crippen molar-refractivity contribution in [2.24, 2.45) is 0 Å². The number of hydrogen-bond acceptors (Lipinski definition) is 5. The number of aryl methyl sites for hydroxylation is 2. The van der Waals surface area contributed by atoms with Crippen molar-refractivity contribution in [1.82, 2.24) is 20.3 Å². The van der Waals surface area contributed by atoms with E-state index in [0.29, 0.717) is 0 Å². The van der Waals surface area contributed by atoms with Crippen LogP contribution in [0.3, 0.4) is 0 Å². The van der Waals surface area contributed by atoms with Crippen LogP contribution in [0.4, 0.5) is 0 Å². The Bertz CT molecular complexity index is 514. The topological polar surface area (TPSA) is 50.7 Å². The number of nitrogens with one attached hydrogen (secondary N) is 1. The Labute approximate surface area is 124 Å². The van der Waals surface area contributed by atoms with E-state index in [4.69, 9.17) is 0 Å². The first-order valence-corrected chi connectivity index (χ1v) is 8.10. The van der Waals surface area contributed by atoms with Crippen molar-refractivity contribution in [2.45, 2.75) is 40.0 Å². The molecule has 0 fully saturated rings. The molecule has 2 rings (SSSR count). The number of aromatic nitrogens is 3. The van der Waals surface area contributed by atoms with E-state index in [-0.39, 0.29) is 0 Å². The van der Waals surface area contributed by atoms with Crippen molar-refractivity contribution in [2.75, 3.05) is 13.1 Å². The lowest BCUT2D eigenvalue weighted by Gasteiger charge is -2.10. The zero-order valence-electron chi connectivity index (χ0n) is 12.4. The standard InChI is InChI=1S/C15H22N4S/c1-4-7-16-8-5-6-13-11(2)18-15(19-12(13)3)14-9-20-10-17-14/h9-10,16H,4-8H2,1-3H3. The Hall–Kier alpha value is -1.33. The van der Waals surface area contributed by atoms with Crippen LogP contribution in [-0.2, 0) is 6.42 Å². The molecule has 0 saturated carbocycles. The maximum Gasteiger partial charge on any atom is 0.179 e. The smallest absolute Gasteiger partial charge is 0.179 e. The fourth-order valence-corrected chi connectivity index (χ4v) is 2.76. The monoisotopic (exact) mass is 290 g/mol. The van der Waals surface area contributed by atoms with Gasteiger partial charge in [-0.15, -0.1) is 11.3 Å². The molecular weight excluding hydrogens is 268 g/mol. The number of rotatable bonds is 7. The molecule has 0 radical (unpaired) electrons. The van der Waals surface area contributed by atoms with Crippen molar-refractivity contribution in [3.63, 3.8) is 0 Å². The highest BCUT2D eigenvalue weighted by molar-refractivity contribution is 7.07. The van der Waals surface area contributed by atoms with Gasteiger partial charge in [0.2, 0.25) is 0 Å². The molecule has 0 spiro atoms. The molecule has 108 valence electrons. The van der Waals surface area contributed by atoms with Gasteiger partial charge in [0.15, 0.2) is 5.82 Å². The first kappa shape index (κ1) is 15.1. The van der Waals surface area contributed by atoms with Crippen LogP contribution in [0, 0.1) is 13.8 Å². The lowest BCUT2D eigenvalue weighted by molar-refractivity contribution is 0.636. The lowest BCUT2D eigenvalue weighted by atomic mass is 10.1. The van der Waals surface area contributed by atoms with Crippen molar-refractivity contribution < 1.29 is 0 Å². The molecule has 0 aromatic carbocycles. The molecular formula is C15H22N4S. The van der Waals surface area contributed by atoms with Gasteiger partial charge in [-0.25, -0.2) is 15.0 Å². The third kappa shape index (κ3) is 3.84. The van der Waals surface area contributed by atoms with Gasteiger partial charge in [0.1, 0.15) is 5.69 Å². The molecule has 0 unspecified atom stereocenters. The number of hydrogen-bond donors (Lipinski definition) is 1. The average molecular weight is 290 g/mol. The van der Waals surface area contributed by atoms with Crippen molar-refractivity contribution >= 4 is 11.3 Å². The van der Waals surface area contributed by atoms with E-state index in [2.05, 4.69) is 41.0 Å². The Morgan fingerprint density at radius 2 is 1.90 bits per heavy atom. The summed E-state index contributed by atoms with van der Waals surface area (Å²) in [6.07, 6.45) is 3.34. The van der Waals surface area contributed by atoms with Crippen LogP contribution < -0.4 is 5.32 Å². The van der Waals surface area contributed by atoms with Gasteiger partial charge < -0.3 is 5.32 Å². The highest BCUT2D eigenvalue weighted by atomic mass is 32.1. The van der Waals surface area contributed by atoms with Gasteiger partial charge in [0, 0.05) is 16.8 Å². The molecule has 1 N–H and O–H groups in total. The fraction of sp³-hybridized carbons (Fsp3) is 0.533. The van der Waals surface area contributed by atoms with Crippen LogP contribution in [0.5, 0.6) is 0 Å². The van der Waals surface area contributed by atoms with Crippen LogP contribution in [0.25, 0.3) is 11.5 Å². The minimum Gasteiger partial charge on any atom is -0.317 e. The molecule has 2 aromatic heterocycles. The predicted molar refractivity (Wildman–Crippen MR) is 84.1 cm³/mol. The summed E-state index contributed by atoms with van der Waals surface area (Å²) < 4.78 is 0. The molecule has 0 aliphatic heterocycles. The molecule has 0 bridgehead atoms. The van der Waals surface area contributed by atoms with Crippen LogP contribution in [0.1, 0.15) is 36.7 Å². The van der Waals surface area contributed by atoms with E-state index in [1.54, 1.807) is 11.3 Å². The maximum atomic E-state index is 4.60. The van der Waals surface area contributed by atoms with Crippen LogP contribution in [0.15, 0.2) is 10.9 Å². The Balaban J connectivity index is 2.03. The lowest BCUT2D eigenvalue weighted by Crippen LogP contribution is -2.17. The first-order valence-electron chi connectivity index (χ1n) is 7.15. The van der Waals surface area contributed by atoms with E-state index in [0.717, 1.165) is 48.8 Å². The molecule has 2 heterocycles. The van der Waals surface area contributed by atoms with Gasteiger partial charge in [-0.05, 0) is 51.8 Å². The van der Waals surface area contributed by atoms with Gasteiger partial charge in [0.05, 0.1) is 5.51 Å². The second kappa shape index (κ2) is 7.45. The van der Waals surface area contributed by atoms with Gasteiger partial charge in [-0.3, -0.25) is 0 Å². The zero-order valence-corrected chi connectivity index (χ0v) is 13.3. The van der Waals surface area contributed by atoms with E-state index in [1.807, 2.05) is 10.9 Å². The van der Waals surface area contributed by atoms with Crippen LogP contribution in [0.2, 0.25) is 0 Å². The second-order valence-electron chi connectivity index (χ2n) is 4.92. The molecule has 0 aliphatic carbocycles. The Morgan fingerprint density at radius 1 is 1.15 bits per heavy atom.